The number of halogens is 3. The van der Waals surface area contributed by atoms with E-state index in [0.29, 0.717) is 0 Å². The summed E-state index contributed by atoms with van der Waals surface area (Å²) in [6.07, 6.45) is -0.661. The van der Waals surface area contributed by atoms with E-state index in [2.05, 4.69) is 17.1 Å². The van der Waals surface area contributed by atoms with Crippen LogP contribution in [0.15, 0.2) is 24.3 Å². The molecule has 6 heteroatoms. The van der Waals surface area contributed by atoms with Crippen LogP contribution in [0, 0.1) is 0 Å². The number of rotatable bonds is 4. The molecule has 1 aliphatic heterocycles. The third-order valence-electron chi connectivity index (χ3n) is 3.88. The molecule has 3 nitrogen and oxygen atoms in total. The average molecular weight is 314 g/mol. The second-order valence-electron chi connectivity index (χ2n) is 5.62. The average Bonchev–Trinajstić information content (AvgIpc) is 2.47. The standard InChI is InChI=1S/C16H21F3N2O/c1-2-9-21-10-4-3-8-14(21)15(22)20-13-7-5-6-12(11-13)16(17,18)19/h5-7,11,14H,2-4,8-10H2,1H3,(H,20,22). The summed E-state index contributed by atoms with van der Waals surface area (Å²) in [5, 5.41) is 2.63. The summed E-state index contributed by atoms with van der Waals surface area (Å²) in [6.45, 7) is 3.76. The monoisotopic (exact) mass is 314 g/mol. The first-order chi connectivity index (χ1) is 10.4. The maximum Gasteiger partial charge on any atom is 0.416 e. The number of carbonyl (C=O) groups is 1. The van der Waals surface area contributed by atoms with Gasteiger partial charge in [-0.3, -0.25) is 9.69 Å². The zero-order valence-corrected chi connectivity index (χ0v) is 12.6. The van der Waals surface area contributed by atoms with E-state index >= 15 is 0 Å². The minimum atomic E-state index is -4.40. The molecule has 122 valence electrons. The van der Waals surface area contributed by atoms with Crippen LogP contribution in [-0.4, -0.2) is 29.9 Å². The van der Waals surface area contributed by atoms with E-state index in [-0.39, 0.29) is 17.6 Å². The van der Waals surface area contributed by atoms with Gasteiger partial charge in [0.05, 0.1) is 11.6 Å². The molecule has 1 saturated heterocycles. The van der Waals surface area contributed by atoms with Gasteiger partial charge in [0.25, 0.3) is 0 Å². The Bertz CT molecular complexity index is 514. The predicted molar refractivity (Wildman–Crippen MR) is 79.6 cm³/mol. The lowest BCUT2D eigenvalue weighted by Crippen LogP contribution is -2.47. The molecule has 0 bridgehead atoms. The molecule has 0 spiro atoms. The van der Waals surface area contributed by atoms with Crippen molar-refractivity contribution in [1.29, 1.82) is 0 Å². The highest BCUT2D eigenvalue weighted by atomic mass is 19.4. The highest BCUT2D eigenvalue weighted by Crippen LogP contribution is 2.30. The fraction of sp³-hybridized carbons (Fsp3) is 0.562. The minimum Gasteiger partial charge on any atom is -0.325 e. The van der Waals surface area contributed by atoms with Crippen LogP contribution in [0.3, 0.4) is 0 Å². The Labute approximate surface area is 128 Å². The Kier molecular flexibility index (Phi) is 5.45. The van der Waals surface area contributed by atoms with Crippen LogP contribution < -0.4 is 5.32 Å². The Hall–Kier alpha value is -1.56. The van der Waals surface area contributed by atoms with Gasteiger partial charge in [-0.05, 0) is 50.6 Å². The maximum absolute atomic E-state index is 12.7. The van der Waals surface area contributed by atoms with Crippen LogP contribution in [0.25, 0.3) is 0 Å². The smallest absolute Gasteiger partial charge is 0.325 e. The van der Waals surface area contributed by atoms with Gasteiger partial charge in [0.2, 0.25) is 5.91 Å². The fourth-order valence-electron chi connectivity index (χ4n) is 2.84. The summed E-state index contributed by atoms with van der Waals surface area (Å²) in [7, 11) is 0. The van der Waals surface area contributed by atoms with E-state index in [1.807, 2.05) is 0 Å². The summed E-state index contributed by atoms with van der Waals surface area (Å²) in [5.74, 6) is -0.215. The molecular formula is C16H21F3N2O. The number of nitrogens with zero attached hydrogens (tertiary/aromatic N) is 1. The molecule has 1 aliphatic rings. The Morgan fingerprint density at radius 3 is 2.82 bits per heavy atom. The molecule has 2 rings (SSSR count). The topological polar surface area (TPSA) is 32.3 Å². The number of nitrogens with one attached hydrogen (secondary N) is 1. The molecule has 1 heterocycles. The second-order valence-corrected chi connectivity index (χ2v) is 5.62. The van der Waals surface area contributed by atoms with Gasteiger partial charge in [0.1, 0.15) is 0 Å². The van der Waals surface area contributed by atoms with Gasteiger partial charge in [-0.25, -0.2) is 0 Å². The second kappa shape index (κ2) is 7.13. The Balaban J connectivity index is 2.07. The van der Waals surface area contributed by atoms with Crippen molar-refractivity contribution < 1.29 is 18.0 Å². The van der Waals surface area contributed by atoms with Crippen LogP contribution in [0.5, 0.6) is 0 Å². The van der Waals surface area contributed by atoms with Crippen molar-refractivity contribution in [3.8, 4) is 0 Å². The lowest BCUT2D eigenvalue weighted by molar-refractivity contribution is -0.137. The zero-order chi connectivity index (χ0) is 16.2. The van der Waals surface area contributed by atoms with Gasteiger partial charge in [-0.2, -0.15) is 13.2 Å². The number of hydrogen-bond donors (Lipinski definition) is 1. The van der Waals surface area contributed by atoms with Crippen molar-refractivity contribution in [3.05, 3.63) is 29.8 Å². The normalized spacial score (nSPS) is 19.9. The van der Waals surface area contributed by atoms with Gasteiger partial charge < -0.3 is 5.32 Å². The van der Waals surface area contributed by atoms with E-state index in [4.69, 9.17) is 0 Å². The molecule has 1 fully saturated rings. The summed E-state index contributed by atoms with van der Waals surface area (Å²) in [6, 6.07) is 4.52. The molecular weight excluding hydrogens is 293 g/mol. The van der Waals surface area contributed by atoms with Gasteiger partial charge in [0, 0.05) is 5.69 Å². The number of anilines is 1. The number of carbonyl (C=O) groups excluding carboxylic acids is 1. The molecule has 1 atom stereocenters. The van der Waals surface area contributed by atoms with Gasteiger partial charge >= 0.3 is 6.18 Å². The van der Waals surface area contributed by atoms with Crippen molar-refractivity contribution >= 4 is 11.6 Å². The molecule has 0 aliphatic carbocycles. The van der Waals surface area contributed by atoms with Crippen molar-refractivity contribution in [2.45, 2.75) is 44.8 Å². The molecule has 1 aromatic rings. The Morgan fingerprint density at radius 2 is 2.14 bits per heavy atom. The summed E-state index contributed by atoms with van der Waals surface area (Å²) in [4.78, 5) is 14.5. The number of amides is 1. The number of alkyl halides is 3. The van der Waals surface area contributed by atoms with E-state index in [1.165, 1.54) is 12.1 Å². The highest BCUT2D eigenvalue weighted by molar-refractivity contribution is 5.95. The van der Waals surface area contributed by atoms with Crippen LogP contribution in [0.4, 0.5) is 18.9 Å². The summed E-state index contributed by atoms with van der Waals surface area (Å²) < 4.78 is 38.1. The highest BCUT2D eigenvalue weighted by Gasteiger charge is 2.31. The van der Waals surface area contributed by atoms with Crippen LogP contribution in [0.2, 0.25) is 0 Å². The van der Waals surface area contributed by atoms with E-state index in [1.54, 1.807) is 0 Å². The number of piperidine rings is 1. The quantitative estimate of drug-likeness (QED) is 0.914. The molecule has 1 aromatic carbocycles. The van der Waals surface area contributed by atoms with Crippen molar-refractivity contribution in [3.63, 3.8) is 0 Å². The first kappa shape index (κ1) is 16.8. The predicted octanol–water partition coefficient (Wildman–Crippen LogP) is 3.91. The lowest BCUT2D eigenvalue weighted by Gasteiger charge is -2.34. The SMILES string of the molecule is CCCN1CCCCC1C(=O)Nc1cccc(C(F)(F)F)c1. The van der Waals surface area contributed by atoms with Crippen LogP contribution >= 0.6 is 0 Å². The molecule has 1 amide bonds. The molecule has 22 heavy (non-hydrogen) atoms. The van der Waals surface area contributed by atoms with Crippen LogP contribution in [0.1, 0.15) is 38.2 Å². The third-order valence-corrected chi connectivity index (χ3v) is 3.88. The van der Waals surface area contributed by atoms with Crippen molar-refractivity contribution in [2.75, 3.05) is 18.4 Å². The minimum absolute atomic E-state index is 0.196. The fourth-order valence-corrected chi connectivity index (χ4v) is 2.84. The van der Waals surface area contributed by atoms with E-state index in [9.17, 15) is 18.0 Å². The summed E-state index contributed by atoms with van der Waals surface area (Å²) >= 11 is 0. The maximum atomic E-state index is 12.7. The molecule has 1 N–H and O–H groups in total. The number of likely N-dealkylation sites (tertiary alicyclic amines) is 1. The van der Waals surface area contributed by atoms with Gasteiger partial charge in [0.15, 0.2) is 0 Å². The van der Waals surface area contributed by atoms with Crippen molar-refractivity contribution in [2.24, 2.45) is 0 Å². The van der Waals surface area contributed by atoms with Crippen molar-refractivity contribution in [1.82, 2.24) is 4.90 Å². The first-order valence-corrected chi connectivity index (χ1v) is 7.64. The molecule has 0 radical (unpaired) electrons. The molecule has 1 unspecified atom stereocenters. The van der Waals surface area contributed by atoms with Gasteiger partial charge in [-0.15, -0.1) is 0 Å². The largest absolute Gasteiger partial charge is 0.416 e. The van der Waals surface area contributed by atoms with E-state index < -0.39 is 11.7 Å². The third kappa shape index (κ3) is 4.22. The zero-order valence-electron chi connectivity index (χ0n) is 12.6. The van der Waals surface area contributed by atoms with Crippen LogP contribution in [-0.2, 0) is 11.0 Å². The molecule has 0 saturated carbocycles. The molecule has 0 aromatic heterocycles. The number of benzene rings is 1. The lowest BCUT2D eigenvalue weighted by atomic mass is 10.0. The Morgan fingerprint density at radius 1 is 1.36 bits per heavy atom. The number of hydrogen-bond acceptors (Lipinski definition) is 2. The first-order valence-electron chi connectivity index (χ1n) is 7.64. The van der Waals surface area contributed by atoms with E-state index in [0.717, 1.165) is 50.9 Å². The van der Waals surface area contributed by atoms with Gasteiger partial charge in [-0.1, -0.05) is 19.4 Å². The summed E-state index contributed by atoms with van der Waals surface area (Å²) in [5.41, 5.74) is -0.554.